The molecule has 0 fully saturated rings. The van der Waals surface area contributed by atoms with Crippen molar-refractivity contribution in [3.63, 3.8) is 0 Å². The first-order chi connectivity index (χ1) is 24.9. The van der Waals surface area contributed by atoms with Crippen molar-refractivity contribution in [2.24, 2.45) is 5.73 Å². The van der Waals surface area contributed by atoms with Crippen LogP contribution in [0.5, 0.6) is 0 Å². The average Bonchev–Trinajstić information content (AvgIpc) is 3.11. The molecule has 0 bridgehead atoms. The lowest BCUT2D eigenvalue weighted by atomic mass is 10.0. The largest absolute Gasteiger partial charge is 0.480 e. The Morgan fingerprint density at radius 3 is 1.57 bits per heavy atom. The van der Waals surface area contributed by atoms with Gasteiger partial charge >= 0.3 is 11.9 Å². The summed E-state index contributed by atoms with van der Waals surface area (Å²) in [5.41, 5.74) is 5.47. The maximum absolute atomic E-state index is 12.7. The van der Waals surface area contributed by atoms with Crippen LogP contribution in [0.1, 0.15) is 206 Å². The maximum Gasteiger partial charge on any atom is 0.326 e. The normalized spacial score (nSPS) is 13.0. The van der Waals surface area contributed by atoms with Crippen molar-refractivity contribution in [1.82, 2.24) is 5.32 Å². The van der Waals surface area contributed by atoms with Crippen molar-refractivity contribution < 1.29 is 24.2 Å². The summed E-state index contributed by atoms with van der Waals surface area (Å²) in [5.74, 6) is -1.29. The van der Waals surface area contributed by atoms with E-state index in [4.69, 9.17) is 10.5 Å². The quantitative estimate of drug-likeness (QED) is 0.0332. The number of ether oxygens (including phenoxy) is 1. The SMILES string of the molecule is CC/C=C\C/C=C\C/C=C\C(CCCCCCCCC(=O)NC(CCCN)C(=O)O)OC(=O)CCCCCCCCCCCCCCCCCC. The van der Waals surface area contributed by atoms with E-state index >= 15 is 0 Å². The smallest absolute Gasteiger partial charge is 0.326 e. The molecule has 1 amide bonds. The molecular formula is C44H80N2O5. The first-order valence-electron chi connectivity index (χ1n) is 21.3. The van der Waals surface area contributed by atoms with Gasteiger partial charge in [-0.1, -0.05) is 166 Å². The Balaban J connectivity index is 4.23. The summed E-state index contributed by atoms with van der Waals surface area (Å²) in [4.78, 5) is 36.2. The van der Waals surface area contributed by atoms with Crippen LogP contribution in [-0.2, 0) is 19.1 Å². The molecule has 7 heteroatoms. The lowest BCUT2D eigenvalue weighted by molar-refractivity contribution is -0.147. The van der Waals surface area contributed by atoms with Crippen LogP contribution < -0.4 is 11.1 Å². The molecular weight excluding hydrogens is 636 g/mol. The van der Waals surface area contributed by atoms with Gasteiger partial charge in [-0.25, -0.2) is 4.79 Å². The molecule has 0 aliphatic heterocycles. The Morgan fingerprint density at radius 2 is 1.06 bits per heavy atom. The number of hydrogen-bond acceptors (Lipinski definition) is 5. The van der Waals surface area contributed by atoms with E-state index in [0.717, 1.165) is 77.0 Å². The number of allylic oxidation sites excluding steroid dienone is 5. The van der Waals surface area contributed by atoms with E-state index in [0.29, 0.717) is 32.2 Å². The summed E-state index contributed by atoms with van der Waals surface area (Å²) in [5, 5.41) is 11.9. The maximum atomic E-state index is 12.7. The number of rotatable bonds is 38. The van der Waals surface area contributed by atoms with Gasteiger partial charge in [0.15, 0.2) is 0 Å². The fourth-order valence-corrected chi connectivity index (χ4v) is 6.27. The number of carbonyl (C=O) groups is 3. The predicted molar refractivity (Wildman–Crippen MR) is 216 cm³/mol. The Morgan fingerprint density at radius 1 is 0.588 bits per heavy atom. The monoisotopic (exact) mass is 717 g/mol. The van der Waals surface area contributed by atoms with E-state index < -0.39 is 12.0 Å². The molecule has 4 N–H and O–H groups in total. The Labute approximate surface area is 314 Å². The molecule has 0 aromatic rings. The van der Waals surface area contributed by atoms with E-state index in [1.807, 2.05) is 0 Å². The Kier molecular flexibility index (Phi) is 37.0. The van der Waals surface area contributed by atoms with E-state index in [2.05, 4.69) is 55.6 Å². The lowest BCUT2D eigenvalue weighted by Crippen LogP contribution is -2.40. The molecule has 0 heterocycles. The highest BCUT2D eigenvalue weighted by Crippen LogP contribution is 2.16. The number of aliphatic carboxylic acids is 1. The standard InChI is InChI=1S/C44H80N2O5/c1-3-5-7-9-11-13-14-15-16-17-18-19-20-22-28-32-38-43(48)51-40(34-29-25-21-12-10-8-6-4-2)35-30-26-23-24-27-31-37-42(47)46-41(44(49)50)36-33-39-45/h6,8,12,21,29,34,40-41H,3-5,7,9-11,13-20,22-28,30-33,35-39,45H2,1-2H3,(H,46,47)(H,49,50)/b8-6-,21-12-,34-29-. The van der Waals surface area contributed by atoms with Gasteiger partial charge in [0.2, 0.25) is 5.91 Å². The summed E-state index contributed by atoms with van der Waals surface area (Å²) in [7, 11) is 0. The second-order valence-corrected chi connectivity index (χ2v) is 14.4. The number of esters is 1. The third-order valence-electron chi connectivity index (χ3n) is 9.45. The fourth-order valence-electron chi connectivity index (χ4n) is 6.27. The van der Waals surface area contributed by atoms with Crippen LogP contribution in [0.15, 0.2) is 36.5 Å². The van der Waals surface area contributed by atoms with Crippen molar-refractivity contribution in [3.05, 3.63) is 36.5 Å². The van der Waals surface area contributed by atoms with Gasteiger partial charge in [0, 0.05) is 12.8 Å². The van der Waals surface area contributed by atoms with E-state index in [-0.39, 0.29) is 18.0 Å². The van der Waals surface area contributed by atoms with Crippen molar-refractivity contribution in [1.29, 1.82) is 0 Å². The molecule has 0 saturated carbocycles. The fraction of sp³-hybridized carbons (Fsp3) is 0.795. The molecule has 296 valence electrons. The molecule has 0 rings (SSSR count). The van der Waals surface area contributed by atoms with Crippen LogP contribution in [0.3, 0.4) is 0 Å². The summed E-state index contributed by atoms with van der Waals surface area (Å²) >= 11 is 0. The Hall–Kier alpha value is -2.41. The minimum atomic E-state index is -1.01. The molecule has 0 saturated heterocycles. The molecule has 0 aromatic carbocycles. The van der Waals surface area contributed by atoms with Gasteiger partial charge in [0.05, 0.1) is 0 Å². The van der Waals surface area contributed by atoms with Gasteiger partial charge in [-0.3, -0.25) is 9.59 Å². The summed E-state index contributed by atoms with van der Waals surface area (Å²) in [6, 6.07) is -0.856. The van der Waals surface area contributed by atoms with Gasteiger partial charge in [-0.15, -0.1) is 0 Å². The number of hydrogen-bond donors (Lipinski definition) is 3. The number of carboxylic acid groups (broad SMARTS) is 1. The first kappa shape index (κ1) is 48.6. The van der Waals surface area contributed by atoms with Crippen LogP contribution in [0.2, 0.25) is 0 Å². The number of unbranched alkanes of at least 4 members (excludes halogenated alkanes) is 20. The lowest BCUT2D eigenvalue weighted by Gasteiger charge is -2.15. The number of carboxylic acids is 1. The minimum absolute atomic E-state index is 0.0818. The van der Waals surface area contributed by atoms with E-state index in [9.17, 15) is 19.5 Å². The van der Waals surface area contributed by atoms with Crippen molar-refractivity contribution in [2.75, 3.05) is 6.54 Å². The number of carbonyl (C=O) groups excluding carboxylic acids is 2. The summed E-state index contributed by atoms with van der Waals surface area (Å²) < 4.78 is 5.92. The second kappa shape index (κ2) is 38.8. The van der Waals surface area contributed by atoms with Crippen LogP contribution in [0.4, 0.5) is 0 Å². The number of nitrogens with one attached hydrogen (secondary N) is 1. The van der Waals surface area contributed by atoms with E-state index in [1.165, 1.54) is 89.9 Å². The number of amides is 1. The molecule has 0 aliphatic rings. The average molecular weight is 717 g/mol. The molecule has 0 radical (unpaired) electrons. The second-order valence-electron chi connectivity index (χ2n) is 14.4. The van der Waals surface area contributed by atoms with Crippen LogP contribution in [0, 0.1) is 0 Å². The molecule has 0 aromatic heterocycles. The van der Waals surface area contributed by atoms with Crippen molar-refractivity contribution >= 4 is 17.8 Å². The molecule has 2 atom stereocenters. The highest BCUT2D eigenvalue weighted by Gasteiger charge is 2.18. The third kappa shape index (κ3) is 35.8. The van der Waals surface area contributed by atoms with Gasteiger partial charge in [0.25, 0.3) is 0 Å². The highest BCUT2D eigenvalue weighted by atomic mass is 16.5. The summed E-state index contributed by atoms with van der Waals surface area (Å²) in [6.45, 7) is 4.82. The van der Waals surface area contributed by atoms with Gasteiger partial charge in [0.1, 0.15) is 12.1 Å². The molecule has 2 unspecified atom stereocenters. The zero-order chi connectivity index (χ0) is 37.5. The highest BCUT2D eigenvalue weighted by molar-refractivity contribution is 5.83. The number of nitrogens with two attached hydrogens (primary N) is 1. The zero-order valence-electron chi connectivity index (χ0n) is 33.2. The molecule has 7 nitrogen and oxygen atoms in total. The van der Waals surface area contributed by atoms with E-state index in [1.54, 1.807) is 0 Å². The Bertz CT molecular complexity index is 900. The topological polar surface area (TPSA) is 119 Å². The van der Waals surface area contributed by atoms with Gasteiger partial charge in [-0.2, -0.15) is 0 Å². The van der Waals surface area contributed by atoms with Crippen LogP contribution >= 0.6 is 0 Å². The van der Waals surface area contributed by atoms with Crippen molar-refractivity contribution in [3.8, 4) is 0 Å². The van der Waals surface area contributed by atoms with Gasteiger partial charge in [-0.05, 0) is 70.4 Å². The summed E-state index contributed by atoms with van der Waals surface area (Å²) in [6.07, 6.45) is 45.0. The van der Waals surface area contributed by atoms with Crippen molar-refractivity contribution in [2.45, 2.75) is 219 Å². The van der Waals surface area contributed by atoms with Gasteiger partial charge < -0.3 is 20.9 Å². The van der Waals surface area contributed by atoms with Crippen LogP contribution in [-0.4, -0.2) is 41.6 Å². The zero-order valence-corrected chi connectivity index (χ0v) is 33.2. The first-order valence-corrected chi connectivity index (χ1v) is 21.3. The predicted octanol–water partition coefficient (Wildman–Crippen LogP) is 11.8. The van der Waals surface area contributed by atoms with Crippen LogP contribution in [0.25, 0.3) is 0 Å². The minimum Gasteiger partial charge on any atom is -0.480 e. The molecule has 51 heavy (non-hydrogen) atoms. The molecule has 0 aliphatic carbocycles. The molecule has 0 spiro atoms. The third-order valence-corrected chi connectivity index (χ3v) is 9.45.